The van der Waals surface area contributed by atoms with Gasteiger partial charge in [-0.25, -0.2) is 4.39 Å². The van der Waals surface area contributed by atoms with E-state index in [0.29, 0.717) is 5.56 Å². The first kappa shape index (κ1) is 14.0. The fraction of sp³-hybridized carbons (Fsp3) is 0.188. The number of rotatable bonds is 2. The molecule has 1 aliphatic rings. The van der Waals surface area contributed by atoms with Gasteiger partial charge in [0.2, 0.25) is 0 Å². The van der Waals surface area contributed by atoms with Gasteiger partial charge < -0.3 is 10.4 Å². The van der Waals surface area contributed by atoms with Gasteiger partial charge in [-0.3, -0.25) is 4.98 Å². The third kappa shape index (κ3) is 2.91. The van der Waals surface area contributed by atoms with Crippen LogP contribution < -0.4 is 5.32 Å². The molecule has 0 atom stereocenters. The molecule has 0 aliphatic carbocycles. The highest BCUT2D eigenvalue weighted by Crippen LogP contribution is 2.30. The SMILES string of the molecule is Oc1cccc(/C=C(\F)c2cc3c(cn2)CNCC3)c1Cl. The van der Waals surface area contributed by atoms with Crippen LogP contribution in [0.4, 0.5) is 4.39 Å². The summed E-state index contributed by atoms with van der Waals surface area (Å²) < 4.78 is 14.3. The van der Waals surface area contributed by atoms with Gasteiger partial charge in [-0.1, -0.05) is 23.7 Å². The van der Waals surface area contributed by atoms with Crippen molar-refractivity contribution in [2.24, 2.45) is 0 Å². The quantitative estimate of drug-likeness (QED) is 0.892. The predicted octanol–water partition coefficient (Wildman–Crippen LogP) is 3.55. The molecule has 0 bridgehead atoms. The van der Waals surface area contributed by atoms with E-state index in [1.165, 1.54) is 12.1 Å². The smallest absolute Gasteiger partial charge is 0.149 e. The molecule has 0 radical (unpaired) electrons. The topological polar surface area (TPSA) is 45.2 Å². The molecule has 3 nitrogen and oxygen atoms in total. The van der Waals surface area contributed by atoms with Crippen LogP contribution in [0, 0.1) is 0 Å². The van der Waals surface area contributed by atoms with Crippen molar-refractivity contribution in [3.8, 4) is 5.75 Å². The molecule has 5 heteroatoms. The Morgan fingerprint density at radius 2 is 2.24 bits per heavy atom. The number of nitrogens with one attached hydrogen (secondary N) is 1. The number of aromatic hydroxyl groups is 1. The average Bonchev–Trinajstić information content (AvgIpc) is 2.51. The van der Waals surface area contributed by atoms with Crippen LogP contribution in [0.2, 0.25) is 5.02 Å². The summed E-state index contributed by atoms with van der Waals surface area (Å²) >= 11 is 5.95. The monoisotopic (exact) mass is 304 g/mol. The number of fused-ring (bicyclic) bond motifs is 1. The first-order valence-corrected chi connectivity index (χ1v) is 7.06. The van der Waals surface area contributed by atoms with Crippen LogP contribution in [0.5, 0.6) is 5.75 Å². The lowest BCUT2D eigenvalue weighted by Gasteiger charge is -2.16. The zero-order valence-corrected chi connectivity index (χ0v) is 12.0. The molecular formula is C16H14ClFN2O. The molecule has 2 heterocycles. The fourth-order valence-corrected chi connectivity index (χ4v) is 2.53. The maximum Gasteiger partial charge on any atom is 0.149 e. The van der Waals surface area contributed by atoms with Gasteiger partial charge in [-0.15, -0.1) is 0 Å². The van der Waals surface area contributed by atoms with Crippen molar-refractivity contribution < 1.29 is 9.50 Å². The summed E-state index contributed by atoms with van der Waals surface area (Å²) in [6, 6.07) is 6.50. The van der Waals surface area contributed by atoms with Gasteiger partial charge in [0.1, 0.15) is 11.6 Å². The fourth-order valence-electron chi connectivity index (χ4n) is 2.35. The summed E-state index contributed by atoms with van der Waals surface area (Å²) in [4.78, 5) is 4.15. The van der Waals surface area contributed by atoms with E-state index in [1.807, 2.05) is 0 Å². The van der Waals surface area contributed by atoms with Crippen LogP contribution in [0.15, 0.2) is 30.5 Å². The highest BCUT2D eigenvalue weighted by atomic mass is 35.5. The summed E-state index contributed by atoms with van der Waals surface area (Å²) in [5.41, 5.74) is 2.93. The number of phenols is 1. The van der Waals surface area contributed by atoms with E-state index in [-0.39, 0.29) is 16.5 Å². The van der Waals surface area contributed by atoms with Crippen LogP contribution in [-0.4, -0.2) is 16.6 Å². The van der Waals surface area contributed by atoms with Crippen LogP contribution in [-0.2, 0) is 13.0 Å². The Labute approximate surface area is 127 Å². The molecule has 2 aromatic rings. The molecule has 3 rings (SSSR count). The lowest BCUT2D eigenvalue weighted by molar-refractivity contribution is 0.475. The molecule has 0 amide bonds. The van der Waals surface area contributed by atoms with Crippen molar-refractivity contribution in [3.05, 3.63) is 57.9 Å². The third-order valence-electron chi connectivity index (χ3n) is 3.50. The molecule has 0 spiro atoms. The highest BCUT2D eigenvalue weighted by Gasteiger charge is 2.12. The molecule has 1 aliphatic heterocycles. The molecule has 0 saturated heterocycles. The molecule has 1 aromatic heterocycles. The van der Waals surface area contributed by atoms with Crippen molar-refractivity contribution in [2.75, 3.05) is 6.54 Å². The summed E-state index contributed by atoms with van der Waals surface area (Å²) in [5.74, 6) is -0.536. The normalized spacial score (nSPS) is 14.9. The van der Waals surface area contributed by atoms with Crippen molar-refractivity contribution >= 4 is 23.5 Å². The summed E-state index contributed by atoms with van der Waals surface area (Å²) in [6.07, 6.45) is 3.86. The molecule has 0 fully saturated rings. The number of pyridine rings is 1. The second-order valence-corrected chi connectivity index (χ2v) is 5.32. The van der Waals surface area contributed by atoms with Crippen molar-refractivity contribution in [2.45, 2.75) is 13.0 Å². The maximum absolute atomic E-state index is 14.3. The number of halogens is 2. The van der Waals surface area contributed by atoms with Crippen molar-refractivity contribution in [1.29, 1.82) is 0 Å². The minimum Gasteiger partial charge on any atom is -0.506 e. The van der Waals surface area contributed by atoms with Crippen LogP contribution in [0.25, 0.3) is 11.9 Å². The number of aromatic nitrogens is 1. The Morgan fingerprint density at radius 1 is 1.38 bits per heavy atom. The van der Waals surface area contributed by atoms with Gasteiger partial charge in [0.15, 0.2) is 0 Å². The highest BCUT2D eigenvalue weighted by molar-refractivity contribution is 6.33. The minimum absolute atomic E-state index is 0.0670. The molecular weight excluding hydrogens is 291 g/mol. The molecule has 108 valence electrons. The van der Waals surface area contributed by atoms with E-state index in [9.17, 15) is 9.50 Å². The van der Waals surface area contributed by atoms with Crippen LogP contribution in [0.3, 0.4) is 0 Å². The van der Waals surface area contributed by atoms with E-state index in [0.717, 1.165) is 30.6 Å². The number of hydrogen-bond acceptors (Lipinski definition) is 3. The number of nitrogens with zero attached hydrogens (tertiary/aromatic N) is 1. The Bertz CT molecular complexity index is 715. The van der Waals surface area contributed by atoms with E-state index in [2.05, 4.69) is 10.3 Å². The van der Waals surface area contributed by atoms with Crippen molar-refractivity contribution in [3.63, 3.8) is 0 Å². The zero-order chi connectivity index (χ0) is 14.8. The third-order valence-corrected chi connectivity index (χ3v) is 3.92. The largest absolute Gasteiger partial charge is 0.506 e. The summed E-state index contributed by atoms with van der Waals surface area (Å²) in [7, 11) is 0. The van der Waals surface area contributed by atoms with Gasteiger partial charge in [0, 0.05) is 12.7 Å². The Morgan fingerprint density at radius 3 is 3.10 bits per heavy atom. The maximum atomic E-state index is 14.3. The van der Waals surface area contributed by atoms with Gasteiger partial charge in [-0.05, 0) is 47.9 Å². The standard InChI is InChI=1S/C16H14ClFN2O/c17-16-11(2-1-3-15(16)21)6-13(18)14-7-10-4-5-19-8-12(10)9-20-14/h1-3,6-7,9,19,21H,4-5,8H2/b13-6-. The number of benzene rings is 1. The molecule has 21 heavy (non-hydrogen) atoms. The molecule has 2 N–H and O–H groups in total. The lowest BCUT2D eigenvalue weighted by atomic mass is 10.0. The molecule has 0 unspecified atom stereocenters. The number of phenolic OH excluding ortho intramolecular Hbond substituents is 1. The van der Waals surface area contributed by atoms with Gasteiger partial charge >= 0.3 is 0 Å². The van der Waals surface area contributed by atoms with E-state index in [4.69, 9.17) is 11.6 Å². The van der Waals surface area contributed by atoms with Crippen LogP contribution in [0.1, 0.15) is 22.4 Å². The van der Waals surface area contributed by atoms with E-state index >= 15 is 0 Å². The van der Waals surface area contributed by atoms with E-state index in [1.54, 1.807) is 24.4 Å². The van der Waals surface area contributed by atoms with Crippen LogP contribution >= 0.6 is 11.6 Å². The minimum atomic E-state index is -0.469. The zero-order valence-electron chi connectivity index (χ0n) is 11.2. The number of hydrogen-bond donors (Lipinski definition) is 2. The Kier molecular flexibility index (Phi) is 3.90. The second kappa shape index (κ2) is 5.84. The first-order valence-electron chi connectivity index (χ1n) is 6.68. The molecule has 1 aromatic carbocycles. The lowest BCUT2D eigenvalue weighted by Crippen LogP contribution is -2.23. The van der Waals surface area contributed by atoms with Gasteiger partial charge in [-0.2, -0.15) is 0 Å². The van der Waals surface area contributed by atoms with E-state index < -0.39 is 5.83 Å². The van der Waals surface area contributed by atoms with Gasteiger partial charge in [0.25, 0.3) is 0 Å². The Balaban J connectivity index is 1.96. The first-order chi connectivity index (χ1) is 10.1. The summed E-state index contributed by atoms with van der Waals surface area (Å²) in [5, 5.41) is 12.9. The predicted molar refractivity (Wildman–Crippen MR) is 81.7 cm³/mol. The molecule has 0 saturated carbocycles. The Hall–Kier alpha value is -1.91. The summed E-state index contributed by atoms with van der Waals surface area (Å²) in [6.45, 7) is 1.66. The average molecular weight is 305 g/mol. The van der Waals surface area contributed by atoms with Crippen molar-refractivity contribution in [1.82, 2.24) is 10.3 Å². The second-order valence-electron chi connectivity index (χ2n) is 4.94. The van der Waals surface area contributed by atoms with Gasteiger partial charge in [0.05, 0.1) is 10.7 Å².